The number of rotatable bonds is 44. The molecule has 0 aromatic carbocycles. The molecule has 0 saturated heterocycles. The zero-order valence-electron chi connectivity index (χ0n) is 38.1. The molecular formula is C47H92NO8P. The van der Waals surface area contributed by atoms with Crippen molar-refractivity contribution in [3.8, 4) is 0 Å². The molecule has 57 heavy (non-hydrogen) atoms. The minimum atomic E-state index is -4.62. The van der Waals surface area contributed by atoms with Gasteiger partial charge in [-0.25, -0.2) is 0 Å². The number of unbranched alkanes of at least 4 members (excludes halogenated alkanes) is 28. The van der Waals surface area contributed by atoms with Crippen LogP contribution in [0, 0.1) is 0 Å². The lowest BCUT2D eigenvalue weighted by Crippen LogP contribution is -2.37. The first-order chi connectivity index (χ1) is 27.5. The van der Waals surface area contributed by atoms with Crippen molar-refractivity contribution in [3.05, 3.63) is 12.2 Å². The van der Waals surface area contributed by atoms with Gasteiger partial charge in [-0.2, -0.15) is 0 Å². The Morgan fingerprint density at radius 2 is 0.912 bits per heavy atom. The van der Waals surface area contributed by atoms with Gasteiger partial charge in [0.2, 0.25) is 0 Å². The summed E-state index contributed by atoms with van der Waals surface area (Å²) in [5.41, 5.74) is 0. The van der Waals surface area contributed by atoms with E-state index in [1.54, 1.807) is 0 Å². The molecule has 0 radical (unpaired) electrons. The van der Waals surface area contributed by atoms with Crippen LogP contribution in [0.3, 0.4) is 0 Å². The lowest BCUT2D eigenvalue weighted by Gasteiger charge is -2.28. The van der Waals surface area contributed by atoms with Crippen LogP contribution in [-0.4, -0.2) is 70.0 Å². The van der Waals surface area contributed by atoms with Crippen molar-refractivity contribution in [2.75, 3.05) is 47.5 Å². The van der Waals surface area contributed by atoms with Gasteiger partial charge in [0, 0.05) is 12.8 Å². The van der Waals surface area contributed by atoms with Gasteiger partial charge >= 0.3 is 11.9 Å². The number of likely N-dealkylation sites (N-methyl/N-ethyl adjacent to an activating group) is 1. The van der Waals surface area contributed by atoms with Crippen molar-refractivity contribution in [3.63, 3.8) is 0 Å². The summed E-state index contributed by atoms with van der Waals surface area (Å²) in [4.78, 5) is 37.5. The average Bonchev–Trinajstić information content (AvgIpc) is 3.16. The molecule has 338 valence electrons. The number of phosphoric acid groups is 1. The first kappa shape index (κ1) is 55.8. The van der Waals surface area contributed by atoms with Gasteiger partial charge in [0.25, 0.3) is 7.82 Å². The third-order valence-corrected chi connectivity index (χ3v) is 11.5. The number of hydrogen-bond donors (Lipinski definition) is 0. The number of esters is 2. The lowest BCUT2D eigenvalue weighted by molar-refractivity contribution is -0.870. The molecule has 0 saturated carbocycles. The largest absolute Gasteiger partial charge is 0.756 e. The Morgan fingerprint density at radius 1 is 0.526 bits per heavy atom. The molecule has 9 nitrogen and oxygen atoms in total. The molecule has 0 aliphatic carbocycles. The van der Waals surface area contributed by atoms with Gasteiger partial charge in [-0.1, -0.05) is 193 Å². The zero-order valence-corrected chi connectivity index (χ0v) is 38.9. The standard InChI is InChI=1S/C47H92NO8P/c1-6-8-10-12-14-16-18-19-20-21-22-23-24-25-26-27-28-30-31-33-35-37-39-46(49)53-43-45(44-55-57(51,52)54-42-41-48(3,4)5)56-47(50)40-38-36-34-32-29-17-15-13-11-9-7-2/h13,15,45H,6-12,14,16-44H2,1-5H3/b15-13-. The van der Waals surface area contributed by atoms with Crippen molar-refractivity contribution in [1.29, 1.82) is 0 Å². The highest BCUT2D eigenvalue weighted by Gasteiger charge is 2.21. The first-order valence-electron chi connectivity index (χ1n) is 23.9. The Labute approximate surface area is 352 Å². The minimum absolute atomic E-state index is 0.0294. The smallest absolute Gasteiger partial charge is 0.306 e. The van der Waals surface area contributed by atoms with Gasteiger partial charge in [-0.05, 0) is 32.1 Å². The van der Waals surface area contributed by atoms with Crippen LogP contribution in [0.4, 0.5) is 0 Å². The van der Waals surface area contributed by atoms with Gasteiger partial charge in [-0.3, -0.25) is 14.2 Å². The van der Waals surface area contributed by atoms with E-state index < -0.39 is 26.5 Å². The second-order valence-corrected chi connectivity index (χ2v) is 18.9. The minimum Gasteiger partial charge on any atom is -0.756 e. The van der Waals surface area contributed by atoms with Gasteiger partial charge in [0.05, 0.1) is 27.7 Å². The third-order valence-electron chi connectivity index (χ3n) is 10.5. The molecule has 0 bridgehead atoms. The summed E-state index contributed by atoms with van der Waals surface area (Å²) >= 11 is 0. The van der Waals surface area contributed by atoms with Crippen molar-refractivity contribution in [2.45, 2.75) is 232 Å². The Balaban J connectivity index is 4.15. The van der Waals surface area contributed by atoms with Crippen LogP contribution in [0.2, 0.25) is 0 Å². The van der Waals surface area contributed by atoms with Crippen LogP contribution < -0.4 is 4.89 Å². The second-order valence-electron chi connectivity index (χ2n) is 17.5. The highest BCUT2D eigenvalue weighted by Crippen LogP contribution is 2.38. The summed E-state index contributed by atoms with van der Waals surface area (Å²) in [5, 5.41) is 0. The topological polar surface area (TPSA) is 111 Å². The van der Waals surface area contributed by atoms with E-state index in [4.69, 9.17) is 18.5 Å². The summed E-state index contributed by atoms with van der Waals surface area (Å²) in [6, 6.07) is 0. The summed E-state index contributed by atoms with van der Waals surface area (Å²) in [5.74, 6) is -0.835. The number of quaternary nitrogens is 1. The normalized spacial score (nSPS) is 13.6. The van der Waals surface area contributed by atoms with Crippen LogP contribution in [0.1, 0.15) is 226 Å². The quantitative estimate of drug-likeness (QED) is 0.0196. The molecule has 0 aliphatic heterocycles. The molecule has 10 heteroatoms. The van der Waals surface area contributed by atoms with Crippen molar-refractivity contribution >= 4 is 19.8 Å². The van der Waals surface area contributed by atoms with E-state index in [0.717, 1.165) is 57.8 Å². The maximum absolute atomic E-state index is 12.6. The molecule has 0 aromatic rings. The van der Waals surface area contributed by atoms with Crippen LogP contribution >= 0.6 is 7.82 Å². The summed E-state index contributed by atoms with van der Waals surface area (Å²) < 4.78 is 33.9. The van der Waals surface area contributed by atoms with Crippen molar-refractivity contribution in [1.82, 2.24) is 0 Å². The van der Waals surface area contributed by atoms with Crippen LogP contribution in [0.25, 0.3) is 0 Å². The molecule has 0 N–H and O–H groups in total. The molecule has 0 rings (SSSR count). The summed E-state index contributed by atoms with van der Waals surface area (Å²) in [6.07, 6.45) is 42.5. The molecular weight excluding hydrogens is 737 g/mol. The highest BCUT2D eigenvalue weighted by molar-refractivity contribution is 7.45. The Kier molecular flexibility index (Phi) is 39.3. The fourth-order valence-electron chi connectivity index (χ4n) is 6.75. The van der Waals surface area contributed by atoms with Gasteiger partial charge in [0.1, 0.15) is 19.8 Å². The lowest BCUT2D eigenvalue weighted by atomic mass is 10.0. The SMILES string of the molecule is CCCC/C=C\CCCCCCCC(=O)OC(COC(=O)CCCCCCCCCCCCCCCCCCCCCCCC)COP(=O)([O-])OCC[N+](C)(C)C. The number of ether oxygens (including phenoxy) is 2. The Hall–Kier alpha value is -1.25. The van der Waals surface area contributed by atoms with E-state index in [-0.39, 0.29) is 32.0 Å². The van der Waals surface area contributed by atoms with E-state index in [1.807, 2.05) is 21.1 Å². The van der Waals surface area contributed by atoms with E-state index in [2.05, 4.69) is 26.0 Å². The van der Waals surface area contributed by atoms with E-state index in [1.165, 1.54) is 135 Å². The Morgan fingerprint density at radius 3 is 1.35 bits per heavy atom. The predicted octanol–water partition coefficient (Wildman–Crippen LogP) is 13.1. The summed E-state index contributed by atoms with van der Waals surface area (Å²) in [6.45, 7) is 4.21. The number of phosphoric ester groups is 1. The van der Waals surface area contributed by atoms with Gasteiger partial charge in [0.15, 0.2) is 6.10 Å². The maximum Gasteiger partial charge on any atom is 0.306 e. The Bertz CT molecular complexity index is 985. The number of carbonyl (C=O) groups excluding carboxylic acids is 2. The van der Waals surface area contributed by atoms with Crippen LogP contribution in [0.5, 0.6) is 0 Å². The van der Waals surface area contributed by atoms with Crippen LogP contribution in [-0.2, 0) is 32.7 Å². The average molecular weight is 830 g/mol. The molecule has 0 heterocycles. The molecule has 0 amide bonds. The van der Waals surface area contributed by atoms with E-state index in [9.17, 15) is 19.0 Å². The fourth-order valence-corrected chi connectivity index (χ4v) is 7.48. The van der Waals surface area contributed by atoms with E-state index in [0.29, 0.717) is 17.4 Å². The molecule has 2 unspecified atom stereocenters. The molecule has 0 aromatic heterocycles. The highest BCUT2D eigenvalue weighted by atomic mass is 31.2. The first-order valence-corrected chi connectivity index (χ1v) is 25.4. The zero-order chi connectivity index (χ0) is 42.1. The van der Waals surface area contributed by atoms with Crippen molar-refractivity contribution < 1.29 is 42.1 Å². The number of carbonyl (C=O) groups is 2. The predicted molar refractivity (Wildman–Crippen MR) is 236 cm³/mol. The molecule has 0 aliphatic rings. The van der Waals surface area contributed by atoms with Crippen LogP contribution in [0.15, 0.2) is 12.2 Å². The summed E-state index contributed by atoms with van der Waals surface area (Å²) in [7, 11) is 1.17. The maximum atomic E-state index is 12.6. The monoisotopic (exact) mass is 830 g/mol. The van der Waals surface area contributed by atoms with E-state index >= 15 is 0 Å². The van der Waals surface area contributed by atoms with Gasteiger partial charge < -0.3 is 27.9 Å². The third kappa shape index (κ3) is 44.1. The number of allylic oxidation sites excluding steroid dienone is 2. The fraction of sp³-hybridized carbons (Fsp3) is 0.915. The molecule has 0 spiro atoms. The van der Waals surface area contributed by atoms with Gasteiger partial charge in [-0.15, -0.1) is 0 Å². The number of nitrogens with zero attached hydrogens (tertiary/aromatic N) is 1. The molecule has 2 atom stereocenters. The number of hydrogen-bond acceptors (Lipinski definition) is 8. The molecule has 0 fully saturated rings. The van der Waals surface area contributed by atoms with Crippen molar-refractivity contribution in [2.24, 2.45) is 0 Å². The second kappa shape index (κ2) is 40.2.